The third-order valence-electron chi connectivity index (χ3n) is 8.05. The highest BCUT2D eigenvalue weighted by atomic mass is 16.7. The summed E-state index contributed by atoms with van der Waals surface area (Å²) in [6, 6.07) is 4.40. The minimum absolute atomic E-state index is 0.0380. The second-order valence-electron chi connectivity index (χ2n) is 10.5. The van der Waals surface area contributed by atoms with Gasteiger partial charge in [0.25, 0.3) is 0 Å². The van der Waals surface area contributed by atoms with E-state index in [-0.39, 0.29) is 40.3 Å². The van der Waals surface area contributed by atoms with Crippen molar-refractivity contribution in [1.29, 1.82) is 0 Å². The minimum atomic E-state index is -2.21. The summed E-state index contributed by atoms with van der Waals surface area (Å²) in [5.41, 5.74) is -3.45. The lowest BCUT2D eigenvalue weighted by Crippen LogP contribution is -2.49. The molecule has 1 aliphatic heterocycles. The predicted octanol–water partition coefficient (Wildman–Crippen LogP) is 1.31. The van der Waals surface area contributed by atoms with Gasteiger partial charge in [-0.3, -0.25) is 14.4 Å². The first-order valence-corrected chi connectivity index (χ1v) is 12.7. The van der Waals surface area contributed by atoms with Gasteiger partial charge in [-0.25, -0.2) is 0 Å². The Morgan fingerprint density at radius 1 is 1.10 bits per heavy atom. The van der Waals surface area contributed by atoms with E-state index < -0.39 is 89.6 Å². The summed E-state index contributed by atoms with van der Waals surface area (Å²) in [5.74, 6) is -3.87. The van der Waals surface area contributed by atoms with Crippen molar-refractivity contribution >= 4 is 17.3 Å². The fourth-order valence-corrected chi connectivity index (χ4v) is 5.95. The molecule has 0 bridgehead atoms. The minimum Gasteiger partial charge on any atom is -0.507 e. The van der Waals surface area contributed by atoms with Crippen LogP contribution >= 0.6 is 0 Å². The topological polar surface area (TPSA) is 180 Å². The van der Waals surface area contributed by atoms with Crippen LogP contribution in [0.15, 0.2) is 18.2 Å². The Morgan fingerprint density at radius 3 is 2.44 bits per heavy atom. The molecule has 11 heteroatoms. The number of aliphatic hydroxyl groups excluding tert-OH is 2. The quantitative estimate of drug-likeness (QED) is 0.293. The van der Waals surface area contributed by atoms with E-state index in [1.54, 1.807) is 13.8 Å². The molecule has 0 spiro atoms. The summed E-state index contributed by atoms with van der Waals surface area (Å²) in [7, 11) is 1.33. The van der Waals surface area contributed by atoms with Crippen molar-refractivity contribution in [2.45, 2.75) is 63.3 Å². The number of aliphatic hydroxyl groups is 3. The van der Waals surface area contributed by atoms with Crippen LogP contribution in [0, 0.1) is 5.92 Å². The van der Waals surface area contributed by atoms with Crippen LogP contribution < -0.4 is 4.74 Å². The Hall–Kier alpha value is -3.35. The van der Waals surface area contributed by atoms with E-state index in [4.69, 9.17) is 14.2 Å². The average Bonchev–Trinajstić information content (AvgIpc) is 2.90. The standard InChI is InChI=1S/C28H30O11/c1-11-7-18(38-12(2)23(11)31)39-16-9-28(36,17(30)10-29)8-14-20(16)27(35)22-21(25(14)33)24(32)13-5-4-6-15(37-3)19(13)26(22)34/h4-6,11-12,16,18,23,29,31,33,35-36H,7-10H2,1-3H3/t11-,12+,16-,18+,23+,28+/m1/s1. The number of hydrogen-bond acceptors (Lipinski definition) is 11. The summed E-state index contributed by atoms with van der Waals surface area (Å²) in [6.07, 6.45) is -4.31. The lowest BCUT2D eigenvalue weighted by atomic mass is 9.72. The summed E-state index contributed by atoms with van der Waals surface area (Å²) in [6.45, 7) is 2.46. The first-order chi connectivity index (χ1) is 18.4. The molecule has 0 aromatic heterocycles. The van der Waals surface area contributed by atoms with E-state index in [9.17, 15) is 39.9 Å². The number of phenols is 2. The molecule has 2 aliphatic carbocycles. The smallest absolute Gasteiger partial charge is 0.202 e. The molecule has 2 aromatic rings. The monoisotopic (exact) mass is 542 g/mol. The molecule has 0 unspecified atom stereocenters. The molecule has 5 rings (SSSR count). The first kappa shape index (κ1) is 27.2. The average molecular weight is 543 g/mol. The molecule has 208 valence electrons. The molecule has 1 saturated heterocycles. The zero-order chi connectivity index (χ0) is 28.4. The van der Waals surface area contributed by atoms with Crippen molar-refractivity contribution in [3.8, 4) is 17.2 Å². The summed E-state index contributed by atoms with van der Waals surface area (Å²) >= 11 is 0. The van der Waals surface area contributed by atoms with E-state index >= 15 is 0 Å². The number of carbonyl (C=O) groups is 3. The number of ketones is 3. The third kappa shape index (κ3) is 4.12. The van der Waals surface area contributed by atoms with Crippen molar-refractivity contribution in [2.24, 2.45) is 5.92 Å². The fraction of sp³-hybridized carbons (Fsp3) is 0.464. The van der Waals surface area contributed by atoms with E-state index in [2.05, 4.69) is 0 Å². The second-order valence-corrected chi connectivity index (χ2v) is 10.5. The van der Waals surface area contributed by atoms with Crippen LogP contribution in [0.4, 0.5) is 0 Å². The lowest BCUT2D eigenvalue weighted by Gasteiger charge is -2.42. The zero-order valence-corrected chi connectivity index (χ0v) is 21.6. The highest BCUT2D eigenvalue weighted by Crippen LogP contribution is 2.52. The lowest BCUT2D eigenvalue weighted by molar-refractivity contribution is -0.255. The van der Waals surface area contributed by atoms with Crippen molar-refractivity contribution < 1.29 is 54.1 Å². The number of methoxy groups -OCH3 is 1. The van der Waals surface area contributed by atoms with Crippen LogP contribution in [-0.4, -0.2) is 80.7 Å². The number of rotatable bonds is 5. The fourth-order valence-electron chi connectivity index (χ4n) is 5.95. The van der Waals surface area contributed by atoms with Gasteiger partial charge in [0, 0.05) is 36.0 Å². The number of ether oxygens (including phenoxy) is 3. The molecule has 3 aliphatic rings. The number of hydrogen-bond donors (Lipinski definition) is 5. The molecule has 11 nitrogen and oxygen atoms in total. The van der Waals surface area contributed by atoms with Crippen molar-refractivity contribution in [3.05, 3.63) is 51.6 Å². The van der Waals surface area contributed by atoms with Crippen molar-refractivity contribution in [3.63, 3.8) is 0 Å². The van der Waals surface area contributed by atoms with Gasteiger partial charge in [0.15, 0.2) is 17.9 Å². The SMILES string of the molecule is COc1cccc2c1C(=O)c1c(O)c3c(c(O)c1C2=O)C[C@@](O)(C(=O)CO)C[C@H]3O[C@H]1C[C@@H](C)[C@H](O)[C@H](C)O1. The molecule has 0 radical (unpaired) electrons. The third-order valence-corrected chi connectivity index (χ3v) is 8.05. The number of benzene rings is 2. The molecular formula is C28H30O11. The largest absolute Gasteiger partial charge is 0.507 e. The van der Waals surface area contributed by atoms with Gasteiger partial charge in [-0.1, -0.05) is 19.1 Å². The van der Waals surface area contributed by atoms with Crippen LogP contribution in [0.5, 0.6) is 17.2 Å². The molecule has 0 amide bonds. The van der Waals surface area contributed by atoms with E-state index in [0.717, 1.165) is 0 Å². The van der Waals surface area contributed by atoms with Gasteiger partial charge < -0.3 is 39.7 Å². The molecule has 6 atom stereocenters. The highest BCUT2D eigenvalue weighted by molar-refractivity contribution is 6.31. The molecule has 5 N–H and O–H groups in total. The molecular weight excluding hydrogens is 512 g/mol. The molecule has 39 heavy (non-hydrogen) atoms. The molecule has 2 aromatic carbocycles. The Bertz CT molecular complexity index is 1370. The normalized spacial score (nSPS) is 29.8. The van der Waals surface area contributed by atoms with Crippen molar-refractivity contribution in [2.75, 3.05) is 13.7 Å². The number of aromatic hydroxyl groups is 2. The van der Waals surface area contributed by atoms with Gasteiger partial charge >= 0.3 is 0 Å². The van der Waals surface area contributed by atoms with E-state index in [0.29, 0.717) is 0 Å². The van der Waals surface area contributed by atoms with Gasteiger partial charge in [0.05, 0.1) is 42.1 Å². The van der Waals surface area contributed by atoms with Gasteiger partial charge in [-0.05, 0) is 18.9 Å². The highest BCUT2D eigenvalue weighted by Gasteiger charge is 2.50. The van der Waals surface area contributed by atoms with Crippen LogP contribution in [0.3, 0.4) is 0 Å². The van der Waals surface area contributed by atoms with Gasteiger partial charge in [0.1, 0.15) is 29.5 Å². The summed E-state index contributed by atoms with van der Waals surface area (Å²) in [4.78, 5) is 39.8. The number of carbonyl (C=O) groups excluding carboxylic acids is 3. The van der Waals surface area contributed by atoms with Crippen molar-refractivity contribution in [1.82, 2.24) is 0 Å². The molecule has 1 heterocycles. The zero-order valence-electron chi connectivity index (χ0n) is 21.6. The van der Waals surface area contributed by atoms with Gasteiger partial charge in [-0.2, -0.15) is 0 Å². The van der Waals surface area contributed by atoms with Gasteiger partial charge in [-0.15, -0.1) is 0 Å². The number of Topliss-reactive ketones (excluding diaryl/α,β-unsaturated/α-hetero) is 1. The second kappa shape index (κ2) is 9.68. The Labute approximate surface area is 223 Å². The Balaban J connectivity index is 1.69. The first-order valence-electron chi connectivity index (χ1n) is 12.7. The molecule has 0 saturated carbocycles. The van der Waals surface area contributed by atoms with Crippen LogP contribution in [-0.2, 0) is 20.7 Å². The Morgan fingerprint density at radius 2 is 1.79 bits per heavy atom. The maximum atomic E-state index is 13.7. The molecule has 1 fully saturated rings. The van der Waals surface area contributed by atoms with Crippen LogP contribution in [0.1, 0.15) is 75.8 Å². The summed E-state index contributed by atoms with van der Waals surface area (Å²) < 4.78 is 17.2. The van der Waals surface area contributed by atoms with Crippen LogP contribution in [0.25, 0.3) is 0 Å². The number of phenolic OH excluding ortho intramolecular Hbond substituents is 2. The maximum Gasteiger partial charge on any atom is 0.202 e. The summed E-state index contributed by atoms with van der Waals surface area (Å²) in [5, 5.41) is 53.9. The van der Waals surface area contributed by atoms with E-state index in [1.807, 2.05) is 0 Å². The predicted molar refractivity (Wildman–Crippen MR) is 133 cm³/mol. The van der Waals surface area contributed by atoms with E-state index in [1.165, 1.54) is 25.3 Å². The maximum absolute atomic E-state index is 13.7. The number of fused-ring (bicyclic) bond motifs is 3. The van der Waals surface area contributed by atoms with Gasteiger partial charge in [0.2, 0.25) is 5.78 Å². The van der Waals surface area contributed by atoms with Crippen LogP contribution in [0.2, 0.25) is 0 Å². The Kier molecular flexibility index (Phi) is 6.76.